The van der Waals surface area contributed by atoms with Crippen molar-refractivity contribution < 1.29 is 10.2 Å². The molecule has 0 spiro atoms. The van der Waals surface area contributed by atoms with Crippen LogP contribution in [-0.4, -0.2) is 14.8 Å². The number of para-hydroxylation sites is 1. The number of hydrogen-bond acceptors (Lipinski definition) is 4. The number of aryl methyl sites for hydroxylation is 1. The topological polar surface area (TPSA) is 74.5 Å². The van der Waals surface area contributed by atoms with Crippen LogP contribution in [-0.2, 0) is 13.1 Å². The third-order valence-electron chi connectivity index (χ3n) is 2.91. The molecular formula is C14H16N2O3. The molecule has 100 valence electrons. The molecule has 19 heavy (non-hydrogen) atoms. The fourth-order valence-corrected chi connectivity index (χ4v) is 1.80. The van der Waals surface area contributed by atoms with Crippen molar-refractivity contribution in [3.63, 3.8) is 0 Å². The number of benzene rings is 1. The van der Waals surface area contributed by atoms with Crippen LogP contribution in [0.2, 0.25) is 0 Å². The summed E-state index contributed by atoms with van der Waals surface area (Å²) in [6, 6.07) is 8.00. The lowest BCUT2D eigenvalue weighted by Crippen LogP contribution is -2.17. The fraction of sp³-hybridized carbons (Fsp3) is 0.214. The number of hydrogen-bond donors (Lipinski definition) is 3. The normalized spacial score (nSPS) is 10.4. The van der Waals surface area contributed by atoms with Gasteiger partial charge in [-0.25, -0.2) is 0 Å². The van der Waals surface area contributed by atoms with Gasteiger partial charge in [-0.15, -0.1) is 0 Å². The van der Waals surface area contributed by atoms with Gasteiger partial charge in [0, 0.05) is 30.9 Å². The Labute approximate surface area is 110 Å². The highest BCUT2D eigenvalue weighted by atomic mass is 16.3. The van der Waals surface area contributed by atoms with E-state index in [2.05, 4.69) is 5.32 Å². The van der Waals surface area contributed by atoms with Gasteiger partial charge in [-0.2, -0.15) is 0 Å². The van der Waals surface area contributed by atoms with Crippen LogP contribution in [0.15, 0.2) is 41.3 Å². The summed E-state index contributed by atoms with van der Waals surface area (Å²) in [5, 5.41) is 22.2. The van der Waals surface area contributed by atoms with Crippen LogP contribution >= 0.6 is 0 Å². The minimum Gasteiger partial charge on any atom is -0.504 e. The molecule has 1 heterocycles. The van der Waals surface area contributed by atoms with Crippen LogP contribution in [0.5, 0.6) is 11.5 Å². The molecule has 0 bridgehead atoms. The molecule has 0 aliphatic rings. The third-order valence-corrected chi connectivity index (χ3v) is 2.91. The molecule has 1 aromatic heterocycles. The second-order valence-electron chi connectivity index (χ2n) is 4.18. The Kier molecular flexibility index (Phi) is 3.75. The number of phenols is 2. The van der Waals surface area contributed by atoms with Crippen LogP contribution in [0.25, 0.3) is 0 Å². The van der Waals surface area contributed by atoms with E-state index in [9.17, 15) is 15.0 Å². The Morgan fingerprint density at radius 2 is 2.00 bits per heavy atom. The molecule has 5 heteroatoms. The minimum atomic E-state index is -0.141. The number of nitrogens with zero attached hydrogens (tertiary/aromatic N) is 1. The van der Waals surface area contributed by atoms with E-state index in [4.69, 9.17) is 0 Å². The first-order valence-electron chi connectivity index (χ1n) is 6.06. The number of pyridine rings is 1. The Hall–Kier alpha value is -2.43. The maximum Gasteiger partial charge on any atom is 0.250 e. The molecule has 0 aliphatic carbocycles. The van der Waals surface area contributed by atoms with Crippen molar-refractivity contribution in [1.29, 1.82) is 0 Å². The molecule has 0 unspecified atom stereocenters. The van der Waals surface area contributed by atoms with E-state index in [-0.39, 0.29) is 17.1 Å². The first-order chi connectivity index (χ1) is 9.11. The standard InChI is InChI=1S/C14H16N2O3/c1-2-16-9-11(6-7-13(16)18)15-8-10-4-3-5-12(17)14(10)19/h3-7,9,15,17,19H,2,8H2,1H3. The van der Waals surface area contributed by atoms with E-state index < -0.39 is 0 Å². The molecule has 0 aliphatic heterocycles. The van der Waals surface area contributed by atoms with Gasteiger partial charge in [0.1, 0.15) is 0 Å². The summed E-state index contributed by atoms with van der Waals surface area (Å²) < 4.78 is 1.59. The predicted molar refractivity (Wildman–Crippen MR) is 73.5 cm³/mol. The number of nitrogens with one attached hydrogen (secondary N) is 1. The van der Waals surface area contributed by atoms with Crippen molar-refractivity contribution in [2.24, 2.45) is 0 Å². The zero-order valence-corrected chi connectivity index (χ0v) is 10.6. The number of anilines is 1. The highest BCUT2D eigenvalue weighted by molar-refractivity contribution is 5.47. The Balaban J connectivity index is 2.14. The van der Waals surface area contributed by atoms with E-state index in [1.54, 1.807) is 29.0 Å². The molecule has 2 rings (SSSR count). The molecule has 0 atom stereocenters. The van der Waals surface area contributed by atoms with Gasteiger partial charge in [0.15, 0.2) is 11.5 Å². The average Bonchev–Trinajstić information content (AvgIpc) is 2.42. The van der Waals surface area contributed by atoms with Crippen molar-refractivity contribution in [3.05, 3.63) is 52.4 Å². The second-order valence-corrected chi connectivity index (χ2v) is 4.18. The van der Waals surface area contributed by atoms with Gasteiger partial charge in [-0.05, 0) is 19.1 Å². The third kappa shape index (κ3) is 2.88. The number of phenolic OH excluding ortho intramolecular Hbond substituents is 2. The highest BCUT2D eigenvalue weighted by Gasteiger charge is 2.05. The average molecular weight is 260 g/mol. The minimum absolute atomic E-state index is 0.0479. The molecule has 0 radical (unpaired) electrons. The molecule has 1 aromatic carbocycles. The maximum atomic E-state index is 11.4. The summed E-state index contributed by atoms with van der Waals surface area (Å²) in [4.78, 5) is 11.4. The summed E-state index contributed by atoms with van der Waals surface area (Å²) in [6.45, 7) is 2.86. The highest BCUT2D eigenvalue weighted by Crippen LogP contribution is 2.28. The molecule has 2 aromatic rings. The van der Waals surface area contributed by atoms with Crippen LogP contribution in [0.3, 0.4) is 0 Å². The van der Waals surface area contributed by atoms with Gasteiger partial charge in [0.25, 0.3) is 5.56 Å². The van der Waals surface area contributed by atoms with E-state index in [1.807, 2.05) is 6.92 Å². The summed E-state index contributed by atoms with van der Waals surface area (Å²) in [7, 11) is 0. The molecular weight excluding hydrogens is 244 g/mol. The molecule has 0 fully saturated rings. The van der Waals surface area contributed by atoms with Crippen LogP contribution in [0.1, 0.15) is 12.5 Å². The lowest BCUT2D eigenvalue weighted by atomic mass is 10.2. The Morgan fingerprint density at radius 1 is 1.21 bits per heavy atom. The van der Waals surface area contributed by atoms with E-state index >= 15 is 0 Å². The number of aromatic nitrogens is 1. The summed E-state index contributed by atoms with van der Waals surface area (Å²) >= 11 is 0. The van der Waals surface area contributed by atoms with E-state index in [0.29, 0.717) is 18.7 Å². The SMILES string of the molecule is CCn1cc(NCc2cccc(O)c2O)ccc1=O. The van der Waals surface area contributed by atoms with Crippen LogP contribution in [0, 0.1) is 0 Å². The summed E-state index contributed by atoms with van der Waals surface area (Å²) in [5.74, 6) is -0.267. The van der Waals surface area contributed by atoms with Gasteiger partial charge in [-0.3, -0.25) is 4.79 Å². The van der Waals surface area contributed by atoms with Crippen molar-refractivity contribution in [1.82, 2.24) is 4.57 Å². The number of rotatable bonds is 4. The van der Waals surface area contributed by atoms with E-state index in [0.717, 1.165) is 5.69 Å². The maximum absolute atomic E-state index is 11.4. The smallest absolute Gasteiger partial charge is 0.250 e. The Bertz CT molecular complexity index is 635. The zero-order valence-electron chi connectivity index (χ0n) is 10.6. The van der Waals surface area contributed by atoms with Gasteiger partial charge >= 0.3 is 0 Å². The monoisotopic (exact) mass is 260 g/mol. The van der Waals surface area contributed by atoms with Crippen molar-refractivity contribution in [3.8, 4) is 11.5 Å². The van der Waals surface area contributed by atoms with Crippen molar-refractivity contribution in [2.75, 3.05) is 5.32 Å². The van der Waals surface area contributed by atoms with Crippen molar-refractivity contribution in [2.45, 2.75) is 20.0 Å². The van der Waals surface area contributed by atoms with Crippen LogP contribution in [0.4, 0.5) is 5.69 Å². The van der Waals surface area contributed by atoms with Gasteiger partial charge in [0.2, 0.25) is 0 Å². The lowest BCUT2D eigenvalue weighted by Gasteiger charge is -2.10. The van der Waals surface area contributed by atoms with Gasteiger partial charge in [-0.1, -0.05) is 12.1 Å². The molecule has 0 saturated heterocycles. The Morgan fingerprint density at radius 3 is 2.74 bits per heavy atom. The number of aromatic hydroxyl groups is 2. The first kappa shape index (κ1) is 13.0. The predicted octanol–water partition coefficient (Wildman–Crippen LogP) is 1.89. The van der Waals surface area contributed by atoms with E-state index in [1.165, 1.54) is 12.1 Å². The quantitative estimate of drug-likeness (QED) is 0.734. The van der Waals surface area contributed by atoms with Gasteiger partial charge in [0.05, 0.1) is 5.69 Å². The second kappa shape index (κ2) is 5.48. The van der Waals surface area contributed by atoms with Gasteiger partial charge < -0.3 is 20.1 Å². The summed E-state index contributed by atoms with van der Waals surface area (Å²) in [5.41, 5.74) is 1.33. The lowest BCUT2D eigenvalue weighted by molar-refractivity contribution is 0.400. The van der Waals surface area contributed by atoms with Crippen LogP contribution < -0.4 is 10.9 Å². The zero-order chi connectivity index (χ0) is 13.8. The van der Waals surface area contributed by atoms with Crippen molar-refractivity contribution >= 4 is 5.69 Å². The first-order valence-corrected chi connectivity index (χ1v) is 6.06. The molecule has 5 nitrogen and oxygen atoms in total. The summed E-state index contributed by atoms with van der Waals surface area (Å²) in [6.07, 6.45) is 1.72. The molecule has 0 amide bonds. The molecule has 3 N–H and O–H groups in total. The fourth-order valence-electron chi connectivity index (χ4n) is 1.80. The largest absolute Gasteiger partial charge is 0.504 e. The molecule has 0 saturated carbocycles.